The van der Waals surface area contributed by atoms with Gasteiger partial charge in [0.1, 0.15) is 11.4 Å². The molecule has 1 saturated heterocycles. The van der Waals surface area contributed by atoms with Crippen LogP contribution in [0.3, 0.4) is 0 Å². The monoisotopic (exact) mass is 317 g/mol. The normalized spacial score (nSPS) is 24.9. The number of nitrogens with zero attached hydrogens (tertiary/aromatic N) is 5. The molecular formula is C16H23N5O2. The van der Waals surface area contributed by atoms with Crippen LogP contribution >= 0.6 is 0 Å². The third-order valence-corrected chi connectivity index (χ3v) is 4.96. The van der Waals surface area contributed by atoms with Crippen LogP contribution in [0.15, 0.2) is 6.20 Å². The SMILES string of the molecule is CN1CCN(CC2CC2)C(=O)c2cnc(N3CC[C@@H](O)C3)nc21. The van der Waals surface area contributed by atoms with Gasteiger partial charge in [0.2, 0.25) is 5.95 Å². The van der Waals surface area contributed by atoms with Crippen molar-refractivity contribution < 1.29 is 9.90 Å². The highest BCUT2D eigenvalue weighted by atomic mass is 16.3. The summed E-state index contributed by atoms with van der Waals surface area (Å²) in [5, 5.41) is 9.69. The largest absolute Gasteiger partial charge is 0.391 e. The van der Waals surface area contributed by atoms with Crippen molar-refractivity contribution in [2.45, 2.75) is 25.4 Å². The lowest BCUT2D eigenvalue weighted by Gasteiger charge is -2.20. The lowest BCUT2D eigenvalue weighted by molar-refractivity contribution is 0.0758. The van der Waals surface area contributed by atoms with Crippen molar-refractivity contribution in [2.24, 2.45) is 5.92 Å². The Morgan fingerprint density at radius 2 is 2.09 bits per heavy atom. The molecule has 0 spiro atoms. The maximum Gasteiger partial charge on any atom is 0.259 e. The average molecular weight is 317 g/mol. The predicted molar refractivity (Wildman–Crippen MR) is 86.8 cm³/mol. The quantitative estimate of drug-likeness (QED) is 0.867. The number of anilines is 2. The average Bonchev–Trinajstić information content (AvgIpc) is 3.29. The molecule has 0 radical (unpaired) electrons. The van der Waals surface area contributed by atoms with E-state index in [0.29, 0.717) is 29.8 Å². The van der Waals surface area contributed by atoms with Crippen molar-refractivity contribution in [3.63, 3.8) is 0 Å². The van der Waals surface area contributed by atoms with Crippen LogP contribution in [0.4, 0.5) is 11.8 Å². The Morgan fingerprint density at radius 1 is 1.26 bits per heavy atom. The van der Waals surface area contributed by atoms with Crippen LogP contribution in [0.1, 0.15) is 29.6 Å². The Kier molecular flexibility index (Phi) is 3.60. The van der Waals surface area contributed by atoms with E-state index in [1.165, 1.54) is 12.8 Å². The maximum atomic E-state index is 12.8. The molecule has 1 N–H and O–H groups in total. The van der Waals surface area contributed by atoms with Crippen LogP contribution in [0, 0.1) is 5.92 Å². The lowest BCUT2D eigenvalue weighted by atomic mass is 10.2. The number of carbonyl (C=O) groups excluding carboxylic acids is 1. The van der Waals surface area contributed by atoms with Crippen LogP contribution < -0.4 is 9.80 Å². The standard InChI is InChI=1S/C16H23N5O2/c1-19-6-7-20(9-11-2-3-11)15(23)13-8-17-16(18-14(13)19)21-5-4-12(22)10-21/h8,11-12,22H,2-7,9-10H2,1H3/t12-/m1/s1. The third kappa shape index (κ3) is 2.85. The van der Waals surface area contributed by atoms with Gasteiger partial charge in [-0.25, -0.2) is 4.98 Å². The zero-order valence-corrected chi connectivity index (χ0v) is 13.5. The molecular weight excluding hydrogens is 294 g/mol. The first-order chi connectivity index (χ1) is 11.1. The number of aromatic nitrogens is 2. The molecule has 2 fully saturated rings. The molecule has 1 aromatic heterocycles. The van der Waals surface area contributed by atoms with E-state index in [2.05, 4.69) is 9.97 Å². The van der Waals surface area contributed by atoms with E-state index >= 15 is 0 Å². The van der Waals surface area contributed by atoms with Gasteiger partial charge < -0.3 is 19.8 Å². The second-order valence-electron chi connectivity index (χ2n) is 6.91. The molecule has 1 saturated carbocycles. The minimum Gasteiger partial charge on any atom is -0.391 e. The van der Waals surface area contributed by atoms with E-state index in [-0.39, 0.29) is 12.0 Å². The summed E-state index contributed by atoms with van der Waals surface area (Å²) in [5.74, 6) is 2.04. The number of carbonyl (C=O) groups is 1. The molecule has 3 aliphatic rings. The summed E-state index contributed by atoms with van der Waals surface area (Å²) in [6, 6.07) is 0. The summed E-state index contributed by atoms with van der Waals surface area (Å²) in [7, 11) is 1.97. The van der Waals surface area contributed by atoms with Gasteiger partial charge in [0.25, 0.3) is 5.91 Å². The van der Waals surface area contributed by atoms with Crippen molar-refractivity contribution in [2.75, 3.05) is 49.6 Å². The van der Waals surface area contributed by atoms with Gasteiger partial charge >= 0.3 is 0 Å². The number of fused-ring (bicyclic) bond motifs is 1. The van der Waals surface area contributed by atoms with E-state index in [1.807, 2.05) is 21.7 Å². The predicted octanol–water partition coefficient (Wildman–Crippen LogP) is 0.350. The highest BCUT2D eigenvalue weighted by Crippen LogP contribution is 2.32. The molecule has 2 aliphatic heterocycles. The van der Waals surface area contributed by atoms with Gasteiger partial charge in [-0.3, -0.25) is 4.79 Å². The van der Waals surface area contributed by atoms with E-state index < -0.39 is 0 Å². The van der Waals surface area contributed by atoms with E-state index in [1.54, 1.807) is 6.20 Å². The van der Waals surface area contributed by atoms with Gasteiger partial charge in [0, 0.05) is 46.0 Å². The number of aliphatic hydroxyl groups is 1. The molecule has 1 amide bonds. The Morgan fingerprint density at radius 3 is 2.78 bits per heavy atom. The van der Waals surface area contributed by atoms with E-state index in [4.69, 9.17) is 0 Å². The zero-order valence-electron chi connectivity index (χ0n) is 13.5. The van der Waals surface area contributed by atoms with Crippen LogP contribution in [0.5, 0.6) is 0 Å². The molecule has 0 bridgehead atoms. The van der Waals surface area contributed by atoms with Gasteiger partial charge in [-0.1, -0.05) is 0 Å². The first-order valence-electron chi connectivity index (χ1n) is 8.42. The van der Waals surface area contributed by atoms with Crippen LogP contribution in [0.2, 0.25) is 0 Å². The summed E-state index contributed by atoms with van der Waals surface area (Å²) < 4.78 is 0. The van der Waals surface area contributed by atoms with Crippen molar-refractivity contribution in [3.8, 4) is 0 Å². The molecule has 1 aromatic rings. The van der Waals surface area contributed by atoms with Crippen molar-refractivity contribution in [1.82, 2.24) is 14.9 Å². The number of hydrogen-bond acceptors (Lipinski definition) is 6. The van der Waals surface area contributed by atoms with Gasteiger partial charge in [0.05, 0.1) is 6.10 Å². The Bertz CT molecular complexity index is 618. The number of amides is 1. The van der Waals surface area contributed by atoms with Crippen LogP contribution in [-0.2, 0) is 0 Å². The Hall–Kier alpha value is -1.89. The summed E-state index contributed by atoms with van der Waals surface area (Å²) in [4.78, 5) is 27.8. The molecule has 0 aromatic carbocycles. The van der Waals surface area contributed by atoms with Crippen molar-refractivity contribution in [3.05, 3.63) is 11.8 Å². The molecule has 7 heteroatoms. The molecule has 23 heavy (non-hydrogen) atoms. The molecule has 0 unspecified atom stereocenters. The summed E-state index contributed by atoms with van der Waals surface area (Å²) >= 11 is 0. The van der Waals surface area contributed by atoms with Gasteiger partial charge in [-0.2, -0.15) is 4.98 Å². The third-order valence-electron chi connectivity index (χ3n) is 4.96. The van der Waals surface area contributed by atoms with E-state index in [0.717, 1.165) is 32.6 Å². The van der Waals surface area contributed by atoms with Gasteiger partial charge in [0.15, 0.2) is 0 Å². The molecule has 1 aliphatic carbocycles. The van der Waals surface area contributed by atoms with Gasteiger partial charge in [-0.05, 0) is 25.2 Å². The Balaban J connectivity index is 1.62. The second-order valence-corrected chi connectivity index (χ2v) is 6.91. The zero-order chi connectivity index (χ0) is 16.0. The van der Waals surface area contributed by atoms with Gasteiger partial charge in [-0.15, -0.1) is 0 Å². The smallest absolute Gasteiger partial charge is 0.259 e. The van der Waals surface area contributed by atoms with Crippen molar-refractivity contribution >= 4 is 17.7 Å². The lowest BCUT2D eigenvalue weighted by Crippen LogP contribution is -2.35. The molecule has 1 atom stereocenters. The number of aliphatic hydroxyl groups excluding tert-OH is 1. The first-order valence-corrected chi connectivity index (χ1v) is 8.42. The van der Waals surface area contributed by atoms with Crippen LogP contribution in [0.25, 0.3) is 0 Å². The topological polar surface area (TPSA) is 72.8 Å². The summed E-state index contributed by atoms with van der Waals surface area (Å²) in [5.41, 5.74) is 0.592. The number of rotatable bonds is 3. The summed E-state index contributed by atoms with van der Waals surface area (Å²) in [6.45, 7) is 3.69. The fourth-order valence-corrected chi connectivity index (χ4v) is 3.32. The molecule has 4 rings (SSSR count). The highest BCUT2D eigenvalue weighted by molar-refractivity contribution is 5.99. The minimum absolute atomic E-state index is 0.0456. The molecule has 3 heterocycles. The maximum absolute atomic E-state index is 12.8. The molecule has 7 nitrogen and oxygen atoms in total. The minimum atomic E-state index is -0.314. The fourth-order valence-electron chi connectivity index (χ4n) is 3.32. The number of hydrogen-bond donors (Lipinski definition) is 1. The van der Waals surface area contributed by atoms with Crippen LogP contribution in [-0.4, -0.2) is 71.8 Å². The van der Waals surface area contributed by atoms with E-state index in [9.17, 15) is 9.90 Å². The Labute approximate surface area is 135 Å². The first kappa shape index (κ1) is 14.7. The number of likely N-dealkylation sites (N-methyl/N-ethyl adjacent to an activating group) is 1. The number of β-amino-alcohol motifs (C(OH)–C–C–N with tert-alkyl or cyclic N) is 1. The van der Waals surface area contributed by atoms with Crippen molar-refractivity contribution in [1.29, 1.82) is 0 Å². The highest BCUT2D eigenvalue weighted by Gasteiger charge is 2.32. The molecule has 124 valence electrons. The summed E-state index contributed by atoms with van der Waals surface area (Å²) in [6.07, 6.45) is 4.56. The fraction of sp³-hybridized carbons (Fsp3) is 0.688. The second kappa shape index (κ2) is 5.63.